The first kappa shape index (κ1) is 25.7. The molecule has 0 bridgehead atoms. The van der Waals surface area contributed by atoms with Crippen molar-refractivity contribution in [3.8, 4) is 0 Å². The Hall–Kier alpha value is -3.43. The number of carbonyl (C=O) groups excluding carboxylic acids is 3. The van der Waals surface area contributed by atoms with Crippen molar-refractivity contribution in [1.29, 1.82) is 0 Å². The summed E-state index contributed by atoms with van der Waals surface area (Å²) in [4.78, 5) is 43.3. The van der Waals surface area contributed by atoms with Crippen LogP contribution in [0.4, 0.5) is 10.5 Å². The number of rotatable bonds is 7. The van der Waals surface area contributed by atoms with E-state index >= 15 is 0 Å². The first-order valence-corrected chi connectivity index (χ1v) is 13.0. The highest BCUT2D eigenvalue weighted by Gasteiger charge is 2.38. The predicted molar refractivity (Wildman–Crippen MR) is 134 cm³/mol. The fraction of sp³-hybridized carbons (Fsp3) is 0.577. The Morgan fingerprint density at radius 2 is 1.75 bits per heavy atom. The lowest BCUT2D eigenvalue weighted by Gasteiger charge is -2.32. The van der Waals surface area contributed by atoms with Gasteiger partial charge >= 0.3 is 6.03 Å². The third-order valence-corrected chi connectivity index (χ3v) is 7.04. The summed E-state index contributed by atoms with van der Waals surface area (Å²) in [7, 11) is 0. The van der Waals surface area contributed by atoms with Gasteiger partial charge in [0.05, 0.1) is 0 Å². The lowest BCUT2D eigenvalue weighted by molar-refractivity contribution is -0.132. The van der Waals surface area contributed by atoms with Gasteiger partial charge in [-0.25, -0.2) is 4.79 Å². The van der Waals surface area contributed by atoms with E-state index in [1.165, 1.54) is 6.92 Å². The molecule has 0 unspecified atom stereocenters. The molecule has 36 heavy (non-hydrogen) atoms. The van der Waals surface area contributed by atoms with Crippen molar-refractivity contribution in [2.45, 2.75) is 82.7 Å². The van der Waals surface area contributed by atoms with Crippen LogP contribution in [-0.2, 0) is 21.5 Å². The molecule has 1 aromatic heterocycles. The number of likely N-dealkylation sites (tertiary alicyclic amines) is 1. The van der Waals surface area contributed by atoms with Crippen LogP contribution in [0.15, 0.2) is 34.9 Å². The van der Waals surface area contributed by atoms with Gasteiger partial charge in [0.1, 0.15) is 5.54 Å². The molecular formula is C26H36N6O4. The zero-order valence-corrected chi connectivity index (χ0v) is 20.9. The Labute approximate surface area is 211 Å². The fourth-order valence-corrected chi connectivity index (χ4v) is 5.14. The minimum absolute atomic E-state index is 0.0285. The van der Waals surface area contributed by atoms with E-state index in [1.807, 2.05) is 35.2 Å². The fourth-order valence-electron chi connectivity index (χ4n) is 5.14. The van der Waals surface area contributed by atoms with Gasteiger partial charge in [0, 0.05) is 44.6 Å². The molecule has 4 amide bonds. The van der Waals surface area contributed by atoms with Crippen molar-refractivity contribution >= 4 is 23.5 Å². The molecule has 1 aliphatic heterocycles. The molecule has 10 heteroatoms. The molecule has 4 rings (SSSR count). The molecular weight excluding hydrogens is 460 g/mol. The molecule has 1 saturated carbocycles. The van der Waals surface area contributed by atoms with Crippen LogP contribution in [-0.4, -0.2) is 52.0 Å². The summed E-state index contributed by atoms with van der Waals surface area (Å²) >= 11 is 0. The van der Waals surface area contributed by atoms with Crippen molar-refractivity contribution < 1.29 is 18.9 Å². The van der Waals surface area contributed by atoms with Crippen molar-refractivity contribution in [2.24, 2.45) is 0 Å². The van der Waals surface area contributed by atoms with E-state index in [-0.39, 0.29) is 30.3 Å². The quantitative estimate of drug-likeness (QED) is 0.503. The molecule has 194 valence electrons. The summed E-state index contributed by atoms with van der Waals surface area (Å²) in [5.41, 5.74) is 0.157. The number of para-hydroxylation sites is 1. The summed E-state index contributed by atoms with van der Waals surface area (Å²) in [5, 5.41) is 13.1. The SMILES string of the molecule is CC(=O)NC1(c2noc(CCC(=O)N3CCC(NC(=O)Nc4ccccc4)CC3)n2)CCCCCC1. The number of amides is 4. The van der Waals surface area contributed by atoms with Gasteiger partial charge in [-0.2, -0.15) is 4.98 Å². The van der Waals surface area contributed by atoms with Crippen LogP contribution >= 0.6 is 0 Å². The van der Waals surface area contributed by atoms with Gasteiger partial charge in [-0.1, -0.05) is 49.0 Å². The number of carbonyl (C=O) groups is 3. The zero-order valence-electron chi connectivity index (χ0n) is 20.9. The Balaban J connectivity index is 1.23. The minimum atomic E-state index is -0.588. The minimum Gasteiger partial charge on any atom is -0.343 e. The number of aromatic nitrogens is 2. The van der Waals surface area contributed by atoms with Crippen LogP contribution in [0.2, 0.25) is 0 Å². The second-order valence-electron chi connectivity index (χ2n) is 9.81. The van der Waals surface area contributed by atoms with Crippen LogP contribution in [0, 0.1) is 0 Å². The summed E-state index contributed by atoms with van der Waals surface area (Å²) in [6.45, 7) is 2.70. The van der Waals surface area contributed by atoms with E-state index in [4.69, 9.17) is 4.52 Å². The average molecular weight is 497 g/mol. The second kappa shape index (κ2) is 12.0. The van der Waals surface area contributed by atoms with Gasteiger partial charge in [0.2, 0.25) is 17.7 Å². The van der Waals surface area contributed by atoms with Crippen molar-refractivity contribution in [3.63, 3.8) is 0 Å². The molecule has 0 radical (unpaired) electrons. The number of nitrogens with zero attached hydrogens (tertiary/aromatic N) is 3. The van der Waals surface area contributed by atoms with Crippen molar-refractivity contribution in [1.82, 2.24) is 25.7 Å². The highest BCUT2D eigenvalue weighted by atomic mass is 16.5. The Morgan fingerprint density at radius 3 is 2.42 bits per heavy atom. The summed E-state index contributed by atoms with van der Waals surface area (Å²) in [6, 6.07) is 9.10. The smallest absolute Gasteiger partial charge is 0.319 e. The van der Waals surface area contributed by atoms with E-state index in [2.05, 4.69) is 26.1 Å². The number of nitrogens with one attached hydrogen (secondary N) is 3. The van der Waals surface area contributed by atoms with Gasteiger partial charge in [-0.15, -0.1) is 0 Å². The van der Waals surface area contributed by atoms with Crippen molar-refractivity contribution in [3.05, 3.63) is 42.0 Å². The molecule has 3 N–H and O–H groups in total. The zero-order chi connectivity index (χ0) is 25.4. The van der Waals surface area contributed by atoms with Crippen LogP contribution in [0.1, 0.15) is 76.4 Å². The van der Waals surface area contributed by atoms with Gasteiger partial charge in [-0.05, 0) is 37.8 Å². The van der Waals surface area contributed by atoms with Crippen LogP contribution in [0.5, 0.6) is 0 Å². The molecule has 1 aromatic carbocycles. The number of hydrogen-bond acceptors (Lipinski definition) is 6. The van der Waals surface area contributed by atoms with Crippen LogP contribution < -0.4 is 16.0 Å². The molecule has 0 atom stereocenters. The van der Waals surface area contributed by atoms with Gasteiger partial charge < -0.3 is 25.4 Å². The summed E-state index contributed by atoms with van der Waals surface area (Å²) in [5.74, 6) is 0.867. The Kier molecular flexibility index (Phi) is 8.56. The van der Waals surface area contributed by atoms with Crippen LogP contribution in [0.3, 0.4) is 0 Å². The Bertz CT molecular complexity index is 1020. The van der Waals surface area contributed by atoms with E-state index in [9.17, 15) is 14.4 Å². The molecule has 2 aliphatic rings. The maximum absolute atomic E-state index is 12.8. The molecule has 10 nitrogen and oxygen atoms in total. The standard InChI is InChI=1S/C26H36N6O4/c1-19(33)30-26(15-7-2-3-8-16-26)24-29-22(36-31-24)11-12-23(34)32-17-13-21(14-18-32)28-25(35)27-20-9-5-4-6-10-20/h4-6,9-10,21H,2-3,7-8,11-18H2,1H3,(H,30,33)(H2,27,28,35). The summed E-state index contributed by atoms with van der Waals surface area (Å²) in [6.07, 6.45) is 7.89. The third kappa shape index (κ3) is 6.83. The number of hydrogen-bond donors (Lipinski definition) is 3. The third-order valence-electron chi connectivity index (χ3n) is 7.04. The summed E-state index contributed by atoms with van der Waals surface area (Å²) < 4.78 is 5.48. The van der Waals surface area contributed by atoms with E-state index in [0.717, 1.165) is 44.2 Å². The number of benzene rings is 1. The highest BCUT2D eigenvalue weighted by molar-refractivity contribution is 5.89. The topological polar surface area (TPSA) is 129 Å². The average Bonchev–Trinajstić information content (AvgIpc) is 3.23. The highest BCUT2D eigenvalue weighted by Crippen LogP contribution is 2.34. The van der Waals surface area contributed by atoms with Gasteiger partial charge in [0.25, 0.3) is 0 Å². The Morgan fingerprint density at radius 1 is 1.06 bits per heavy atom. The van der Waals surface area contributed by atoms with Gasteiger partial charge in [-0.3, -0.25) is 9.59 Å². The number of urea groups is 1. The van der Waals surface area contributed by atoms with Gasteiger partial charge in [0.15, 0.2) is 5.82 Å². The predicted octanol–water partition coefficient (Wildman–Crippen LogP) is 3.50. The van der Waals surface area contributed by atoms with E-state index < -0.39 is 5.54 Å². The number of piperidine rings is 1. The molecule has 2 heterocycles. The molecule has 0 spiro atoms. The lowest BCUT2D eigenvalue weighted by Crippen LogP contribution is -2.47. The van der Waals surface area contributed by atoms with Crippen molar-refractivity contribution in [2.75, 3.05) is 18.4 Å². The number of aryl methyl sites for hydroxylation is 1. The first-order valence-electron chi connectivity index (χ1n) is 13.0. The second-order valence-corrected chi connectivity index (χ2v) is 9.81. The molecule has 2 aromatic rings. The van der Waals surface area contributed by atoms with Crippen LogP contribution in [0.25, 0.3) is 0 Å². The monoisotopic (exact) mass is 496 g/mol. The lowest BCUT2D eigenvalue weighted by atomic mass is 9.89. The van der Waals surface area contributed by atoms with E-state index in [1.54, 1.807) is 0 Å². The first-order chi connectivity index (χ1) is 17.4. The molecule has 1 saturated heterocycles. The molecule has 2 fully saturated rings. The maximum atomic E-state index is 12.8. The van der Waals surface area contributed by atoms with E-state index in [0.29, 0.717) is 44.1 Å². The molecule has 1 aliphatic carbocycles. The number of anilines is 1. The maximum Gasteiger partial charge on any atom is 0.319 e. The normalized spacial score (nSPS) is 18.2. The largest absolute Gasteiger partial charge is 0.343 e.